The fraction of sp³-hybridized carbons (Fsp3) is 0.269. The van der Waals surface area contributed by atoms with Gasteiger partial charge in [0.05, 0.1) is 16.1 Å². The summed E-state index contributed by atoms with van der Waals surface area (Å²) < 4.78 is 5.85. The van der Waals surface area contributed by atoms with Crippen LogP contribution < -0.4 is 4.74 Å². The van der Waals surface area contributed by atoms with Gasteiger partial charge in [0.25, 0.3) is 6.01 Å². The van der Waals surface area contributed by atoms with Crippen molar-refractivity contribution in [3.63, 3.8) is 0 Å². The SMILES string of the molecule is Cc1[c]cc(Oc2nc3cc(-c4ccc(C5CCCCC5)cc4)c(Cl)cc3[nH]2)cc1. The summed E-state index contributed by atoms with van der Waals surface area (Å²) in [5.74, 6) is 1.40. The number of hydrogen-bond donors (Lipinski definition) is 1. The van der Waals surface area contributed by atoms with E-state index in [1.165, 1.54) is 37.7 Å². The molecule has 4 heteroatoms. The quantitative estimate of drug-likeness (QED) is 0.368. The lowest BCUT2D eigenvalue weighted by molar-refractivity contribution is 0.443. The number of H-pyrrole nitrogens is 1. The van der Waals surface area contributed by atoms with Crippen molar-refractivity contribution in [2.24, 2.45) is 0 Å². The van der Waals surface area contributed by atoms with Crippen LogP contribution in [0.5, 0.6) is 11.8 Å². The van der Waals surface area contributed by atoms with E-state index in [4.69, 9.17) is 16.3 Å². The zero-order chi connectivity index (χ0) is 20.5. The number of aryl methyl sites for hydroxylation is 1. The van der Waals surface area contributed by atoms with Crippen LogP contribution in [0.3, 0.4) is 0 Å². The Bertz CT molecular complexity index is 1160. The number of aromatic nitrogens is 2. The van der Waals surface area contributed by atoms with Gasteiger partial charge in [0, 0.05) is 5.56 Å². The Morgan fingerprint density at radius 1 is 1.03 bits per heavy atom. The number of halogens is 1. The van der Waals surface area contributed by atoms with E-state index in [-0.39, 0.29) is 0 Å². The third-order valence-corrected chi connectivity index (χ3v) is 6.31. The number of benzene rings is 3. The molecule has 30 heavy (non-hydrogen) atoms. The van der Waals surface area contributed by atoms with Gasteiger partial charge in [-0.2, -0.15) is 4.98 Å². The summed E-state index contributed by atoms with van der Waals surface area (Å²) >= 11 is 6.62. The standard InChI is InChI=1S/C26H24ClN2O/c1-17-7-13-21(14-8-17)30-26-28-24-15-22(23(27)16-25(24)29-26)20-11-9-19(10-12-20)18-5-3-2-4-6-18/h7,9-16,18H,2-6H2,1H3,(H,28,29). The van der Waals surface area contributed by atoms with Crippen molar-refractivity contribution in [3.8, 4) is 22.9 Å². The minimum absolute atomic E-state index is 0.447. The Kier molecular flexibility index (Phi) is 5.22. The Morgan fingerprint density at radius 2 is 1.83 bits per heavy atom. The van der Waals surface area contributed by atoms with Crippen molar-refractivity contribution in [1.82, 2.24) is 9.97 Å². The first-order valence-corrected chi connectivity index (χ1v) is 11.0. The number of nitrogens with one attached hydrogen (secondary N) is 1. The average molecular weight is 416 g/mol. The minimum atomic E-state index is 0.447. The topological polar surface area (TPSA) is 37.9 Å². The van der Waals surface area contributed by atoms with Crippen molar-refractivity contribution in [2.45, 2.75) is 44.9 Å². The lowest BCUT2D eigenvalue weighted by atomic mass is 9.84. The fourth-order valence-corrected chi connectivity index (χ4v) is 4.58. The summed E-state index contributed by atoms with van der Waals surface area (Å²) in [7, 11) is 0. The highest BCUT2D eigenvalue weighted by Crippen LogP contribution is 2.36. The molecule has 0 bridgehead atoms. The molecule has 0 saturated heterocycles. The number of nitrogens with zero attached hydrogens (tertiary/aromatic N) is 1. The first-order chi connectivity index (χ1) is 14.7. The van der Waals surface area contributed by atoms with Crippen LogP contribution in [0.15, 0.2) is 54.6 Å². The van der Waals surface area contributed by atoms with Crippen molar-refractivity contribution in [3.05, 3.63) is 76.8 Å². The molecule has 1 radical (unpaired) electrons. The third kappa shape index (κ3) is 3.95. The van der Waals surface area contributed by atoms with Gasteiger partial charge in [-0.25, -0.2) is 0 Å². The Labute approximate surface area is 182 Å². The maximum Gasteiger partial charge on any atom is 0.300 e. The van der Waals surface area contributed by atoms with Crippen LogP contribution in [0.4, 0.5) is 0 Å². The highest BCUT2D eigenvalue weighted by molar-refractivity contribution is 6.34. The predicted molar refractivity (Wildman–Crippen MR) is 122 cm³/mol. The molecular weight excluding hydrogens is 392 g/mol. The van der Waals surface area contributed by atoms with Crippen LogP contribution in [0.2, 0.25) is 5.02 Å². The number of rotatable bonds is 4. The number of aromatic amines is 1. The normalized spacial score (nSPS) is 14.9. The van der Waals surface area contributed by atoms with E-state index in [1.807, 2.05) is 37.3 Å². The van der Waals surface area contributed by atoms with Gasteiger partial charge in [0.15, 0.2) is 0 Å². The molecule has 0 amide bonds. The third-order valence-electron chi connectivity index (χ3n) is 6.00. The summed E-state index contributed by atoms with van der Waals surface area (Å²) in [6.45, 7) is 2.00. The van der Waals surface area contributed by atoms with Crippen LogP contribution in [0, 0.1) is 13.0 Å². The van der Waals surface area contributed by atoms with E-state index in [2.05, 4.69) is 40.3 Å². The van der Waals surface area contributed by atoms with Gasteiger partial charge in [0.1, 0.15) is 5.75 Å². The maximum absolute atomic E-state index is 6.62. The highest BCUT2D eigenvalue weighted by atomic mass is 35.5. The fourth-order valence-electron chi connectivity index (χ4n) is 4.31. The lowest BCUT2D eigenvalue weighted by Crippen LogP contribution is -2.04. The molecule has 4 aromatic rings. The lowest BCUT2D eigenvalue weighted by Gasteiger charge is -2.22. The minimum Gasteiger partial charge on any atom is -0.426 e. The molecule has 1 aromatic heterocycles. The number of ether oxygens (including phenoxy) is 1. The summed E-state index contributed by atoms with van der Waals surface area (Å²) in [5.41, 5.74) is 6.30. The van der Waals surface area contributed by atoms with Gasteiger partial charge >= 0.3 is 0 Å². The largest absolute Gasteiger partial charge is 0.426 e. The molecular formula is C26H24ClN2O. The van der Waals surface area contributed by atoms with Gasteiger partial charge in [-0.05, 0) is 72.7 Å². The van der Waals surface area contributed by atoms with Crippen molar-refractivity contribution in [2.75, 3.05) is 0 Å². The van der Waals surface area contributed by atoms with Crippen LogP contribution in [0.25, 0.3) is 22.2 Å². The second kappa shape index (κ2) is 8.16. The summed E-state index contributed by atoms with van der Waals surface area (Å²) in [6.07, 6.45) is 6.68. The zero-order valence-corrected chi connectivity index (χ0v) is 17.8. The maximum atomic E-state index is 6.62. The van der Waals surface area contributed by atoms with Crippen LogP contribution in [-0.2, 0) is 0 Å². The van der Waals surface area contributed by atoms with E-state index < -0.39 is 0 Å². The Hall–Kier alpha value is -2.78. The molecule has 1 aliphatic carbocycles. The van der Waals surface area contributed by atoms with Gasteiger partial charge in [0.2, 0.25) is 0 Å². The Balaban J connectivity index is 1.41. The van der Waals surface area contributed by atoms with Gasteiger partial charge in [-0.15, -0.1) is 0 Å². The van der Waals surface area contributed by atoms with E-state index in [0.29, 0.717) is 22.7 Å². The van der Waals surface area contributed by atoms with E-state index in [1.54, 1.807) is 0 Å². The van der Waals surface area contributed by atoms with Crippen molar-refractivity contribution < 1.29 is 4.74 Å². The van der Waals surface area contributed by atoms with Crippen molar-refractivity contribution in [1.29, 1.82) is 0 Å². The molecule has 3 nitrogen and oxygen atoms in total. The highest BCUT2D eigenvalue weighted by Gasteiger charge is 2.16. The second-order valence-corrected chi connectivity index (χ2v) is 8.56. The average Bonchev–Trinajstić information content (AvgIpc) is 3.16. The molecule has 0 atom stereocenters. The molecule has 151 valence electrons. The predicted octanol–water partition coefficient (Wildman–Crippen LogP) is 7.83. The Morgan fingerprint density at radius 3 is 2.57 bits per heavy atom. The van der Waals surface area contributed by atoms with E-state index in [9.17, 15) is 0 Å². The molecule has 1 aliphatic rings. The smallest absolute Gasteiger partial charge is 0.300 e. The van der Waals surface area contributed by atoms with Crippen LogP contribution >= 0.6 is 11.6 Å². The van der Waals surface area contributed by atoms with E-state index in [0.717, 1.165) is 27.7 Å². The first-order valence-electron chi connectivity index (χ1n) is 10.6. The summed E-state index contributed by atoms with van der Waals surface area (Å²) in [4.78, 5) is 7.80. The number of hydrogen-bond acceptors (Lipinski definition) is 2. The molecule has 1 N–H and O–H groups in total. The number of fused-ring (bicyclic) bond motifs is 1. The summed E-state index contributed by atoms with van der Waals surface area (Å²) in [5, 5.41) is 0.701. The zero-order valence-electron chi connectivity index (χ0n) is 17.0. The molecule has 1 heterocycles. The molecule has 0 aliphatic heterocycles. The van der Waals surface area contributed by atoms with Gasteiger partial charge in [-0.3, -0.25) is 0 Å². The summed E-state index contributed by atoms with van der Waals surface area (Å²) in [6, 6.07) is 22.1. The molecule has 1 fully saturated rings. The van der Waals surface area contributed by atoms with Crippen molar-refractivity contribution >= 4 is 22.6 Å². The van der Waals surface area contributed by atoms with E-state index >= 15 is 0 Å². The van der Waals surface area contributed by atoms with Gasteiger partial charge in [-0.1, -0.05) is 61.2 Å². The van der Waals surface area contributed by atoms with Gasteiger partial charge < -0.3 is 9.72 Å². The molecule has 5 rings (SSSR count). The second-order valence-electron chi connectivity index (χ2n) is 8.16. The molecule has 0 unspecified atom stereocenters. The molecule has 3 aromatic carbocycles. The molecule has 0 spiro atoms. The number of imidazole rings is 1. The monoisotopic (exact) mass is 415 g/mol. The molecule has 1 saturated carbocycles. The van der Waals surface area contributed by atoms with Crippen LogP contribution in [-0.4, -0.2) is 9.97 Å². The first kappa shape index (κ1) is 19.2. The van der Waals surface area contributed by atoms with Crippen LogP contribution in [0.1, 0.15) is 49.1 Å².